The Bertz CT molecular complexity index is 1280. The molecule has 144 valence electrons. The number of para-hydroxylation sites is 1. The molecule has 4 rings (SSSR count). The number of hydrogen-bond acceptors (Lipinski definition) is 5. The van der Waals surface area contributed by atoms with Crippen LogP contribution in [0, 0.1) is 6.92 Å². The summed E-state index contributed by atoms with van der Waals surface area (Å²) in [6, 6.07) is 19.0. The molecule has 0 aliphatic rings. The SMILES string of the molecule is Cc1ccccc1C(=O)Oc1ccc2c(=O)c(Oc3ccccc3Br)coc2c1. The Morgan fingerprint density at radius 2 is 1.72 bits per heavy atom. The molecule has 0 saturated carbocycles. The molecule has 4 aromatic rings. The van der Waals surface area contributed by atoms with Crippen molar-refractivity contribution in [3.05, 3.63) is 98.8 Å². The lowest BCUT2D eigenvalue weighted by atomic mass is 10.1. The molecule has 0 aliphatic heterocycles. The van der Waals surface area contributed by atoms with E-state index in [2.05, 4.69) is 15.9 Å². The van der Waals surface area contributed by atoms with Gasteiger partial charge in [-0.05, 0) is 58.7 Å². The summed E-state index contributed by atoms with van der Waals surface area (Å²) in [6.07, 6.45) is 1.25. The first-order valence-corrected chi connectivity index (χ1v) is 9.58. The van der Waals surface area contributed by atoms with Crippen LogP contribution >= 0.6 is 15.9 Å². The van der Waals surface area contributed by atoms with Gasteiger partial charge in [0.2, 0.25) is 11.2 Å². The fourth-order valence-corrected chi connectivity index (χ4v) is 3.20. The smallest absolute Gasteiger partial charge is 0.343 e. The standard InChI is InChI=1S/C23H15BrO5/c1-14-6-2-3-7-16(14)23(26)28-15-10-11-17-20(12-15)27-13-21(22(17)25)29-19-9-5-4-8-18(19)24/h2-13H,1H3. The molecule has 0 unspecified atom stereocenters. The first-order valence-electron chi connectivity index (χ1n) is 8.78. The van der Waals surface area contributed by atoms with Gasteiger partial charge in [-0.1, -0.05) is 30.3 Å². The Kier molecular flexibility index (Phi) is 5.18. The molecule has 6 heteroatoms. The zero-order valence-corrected chi connectivity index (χ0v) is 16.9. The van der Waals surface area contributed by atoms with Crippen molar-refractivity contribution in [2.45, 2.75) is 6.92 Å². The molecule has 0 amide bonds. The molecule has 0 fully saturated rings. The lowest BCUT2D eigenvalue weighted by Gasteiger charge is -2.09. The second kappa shape index (κ2) is 7.93. The minimum Gasteiger partial charge on any atom is -0.460 e. The van der Waals surface area contributed by atoms with Gasteiger partial charge in [0.05, 0.1) is 15.4 Å². The third-order valence-electron chi connectivity index (χ3n) is 4.35. The van der Waals surface area contributed by atoms with Crippen LogP contribution in [0.1, 0.15) is 15.9 Å². The van der Waals surface area contributed by atoms with Gasteiger partial charge in [0.15, 0.2) is 0 Å². The summed E-state index contributed by atoms with van der Waals surface area (Å²) in [6.45, 7) is 1.84. The van der Waals surface area contributed by atoms with Crippen molar-refractivity contribution in [2.24, 2.45) is 0 Å². The van der Waals surface area contributed by atoms with Gasteiger partial charge in [-0.15, -0.1) is 0 Å². The number of benzene rings is 3. The summed E-state index contributed by atoms with van der Waals surface area (Å²) in [7, 11) is 0. The highest BCUT2D eigenvalue weighted by Crippen LogP contribution is 2.29. The molecule has 0 radical (unpaired) electrons. The van der Waals surface area contributed by atoms with Crippen LogP contribution < -0.4 is 14.9 Å². The number of esters is 1. The predicted octanol–water partition coefficient (Wildman–Crippen LogP) is 5.88. The minimum absolute atomic E-state index is 0.0639. The first kappa shape index (κ1) is 19.0. The maximum atomic E-state index is 12.7. The summed E-state index contributed by atoms with van der Waals surface area (Å²) in [4.78, 5) is 25.1. The van der Waals surface area contributed by atoms with E-state index in [-0.39, 0.29) is 16.9 Å². The number of carbonyl (C=O) groups is 1. The summed E-state index contributed by atoms with van der Waals surface area (Å²) < 4.78 is 17.4. The molecule has 5 nitrogen and oxygen atoms in total. The number of halogens is 1. The second-order valence-corrected chi connectivity index (χ2v) is 7.18. The Balaban J connectivity index is 1.62. The second-order valence-electron chi connectivity index (χ2n) is 6.32. The van der Waals surface area contributed by atoms with E-state index in [1.165, 1.54) is 12.3 Å². The van der Waals surface area contributed by atoms with Gasteiger partial charge in [-0.2, -0.15) is 0 Å². The summed E-state index contributed by atoms with van der Waals surface area (Å²) in [5.41, 5.74) is 1.27. The van der Waals surface area contributed by atoms with Crippen LogP contribution in [0.2, 0.25) is 0 Å². The topological polar surface area (TPSA) is 65.7 Å². The van der Waals surface area contributed by atoms with Crippen molar-refractivity contribution in [3.63, 3.8) is 0 Å². The van der Waals surface area contributed by atoms with Gasteiger partial charge in [-0.25, -0.2) is 4.79 Å². The number of rotatable bonds is 4. The molecular formula is C23H15BrO5. The average molecular weight is 451 g/mol. The Hall–Kier alpha value is -3.38. The van der Waals surface area contributed by atoms with E-state index in [9.17, 15) is 9.59 Å². The first-order chi connectivity index (χ1) is 14.0. The van der Waals surface area contributed by atoms with E-state index >= 15 is 0 Å². The molecule has 0 bridgehead atoms. The Labute approximate surface area is 174 Å². The number of fused-ring (bicyclic) bond motifs is 1. The van der Waals surface area contributed by atoms with Crippen molar-refractivity contribution in [3.8, 4) is 17.2 Å². The zero-order chi connectivity index (χ0) is 20.4. The number of aryl methyl sites for hydroxylation is 1. The molecule has 1 heterocycles. The molecule has 3 aromatic carbocycles. The highest BCUT2D eigenvalue weighted by atomic mass is 79.9. The summed E-state index contributed by atoms with van der Waals surface area (Å²) in [5, 5.41) is 0.324. The highest BCUT2D eigenvalue weighted by molar-refractivity contribution is 9.10. The Morgan fingerprint density at radius 3 is 2.52 bits per heavy atom. The molecule has 29 heavy (non-hydrogen) atoms. The fraction of sp³-hybridized carbons (Fsp3) is 0.0435. The van der Waals surface area contributed by atoms with Gasteiger partial charge in [0.1, 0.15) is 23.3 Å². The van der Waals surface area contributed by atoms with E-state index < -0.39 is 5.97 Å². The maximum Gasteiger partial charge on any atom is 0.343 e. The Morgan fingerprint density at radius 1 is 0.966 bits per heavy atom. The summed E-state index contributed by atoms with van der Waals surface area (Å²) >= 11 is 3.38. The van der Waals surface area contributed by atoms with E-state index in [1.54, 1.807) is 36.4 Å². The number of ether oxygens (including phenoxy) is 2. The minimum atomic E-state index is -0.473. The van der Waals surface area contributed by atoms with E-state index in [0.29, 0.717) is 22.3 Å². The quantitative estimate of drug-likeness (QED) is 0.287. The highest BCUT2D eigenvalue weighted by Gasteiger charge is 2.14. The van der Waals surface area contributed by atoms with Crippen LogP contribution in [0.3, 0.4) is 0 Å². The molecular weight excluding hydrogens is 436 g/mol. The van der Waals surface area contributed by atoms with Crippen molar-refractivity contribution in [1.82, 2.24) is 0 Å². The van der Waals surface area contributed by atoms with Crippen molar-refractivity contribution < 1.29 is 18.7 Å². The molecule has 1 aromatic heterocycles. The van der Waals surface area contributed by atoms with Crippen LogP contribution in [0.15, 0.2) is 86.7 Å². The zero-order valence-electron chi connectivity index (χ0n) is 15.3. The normalized spacial score (nSPS) is 10.7. The van der Waals surface area contributed by atoms with E-state index in [1.807, 2.05) is 31.2 Å². The molecule has 0 atom stereocenters. The lowest BCUT2D eigenvalue weighted by molar-refractivity contribution is 0.0734. The third kappa shape index (κ3) is 3.93. The summed E-state index contributed by atoms with van der Waals surface area (Å²) in [5.74, 6) is 0.379. The molecule has 0 saturated heterocycles. The van der Waals surface area contributed by atoms with Crippen LogP contribution in [-0.2, 0) is 0 Å². The van der Waals surface area contributed by atoms with Gasteiger partial charge in [0, 0.05) is 6.07 Å². The van der Waals surface area contributed by atoms with E-state index in [0.717, 1.165) is 10.0 Å². The fourth-order valence-electron chi connectivity index (χ4n) is 2.83. The van der Waals surface area contributed by atoms with Crippen LogP contribution in [-0.4, -0.2) is 5.97 Å². The van der Waals surface area contributed by atoms with Crippen LogP contribution in [0.4, 0.5) is 0 Å². The lowest BCUT2D eigenvalue weighted by Crippen LogP contribution is -2.10. The largest absolute Gasteiger partial charge is 0.460 e. The van der Waals surface area contributed by atoms with Crippen molar-refractivity contribution >= 4 is 32.9 Å². The molecule has 0 N–H and O–H groups in total. The van der Waals surface area contributed by atoms with Gasteiger partial charge in [-0.3, -0.25) is 4.79 Å². The van der Waals surface area contributed by atoms with Gasteiger partial charge in [0.25, 0.3) is 0 Å². The van der Waals surface area contributed by atoms with Crippen LogP contribution in [0.25, 0.3) is 11.0 Å². The van der Waals surface area contributed by atoms with Gasteiger partial charge < -0.3 is 13.9 Å². The average Bonchev–Trinajstić information content (AvgIpc) is 2.72. The molecule has 0 aliphatic carbocycles. The third-order valence-corrected chi connectivity index (χ3v) is 5.00. The van der Waals surface area contributed by atoms with Crippen molar-refractivity contribution in [2.75, 3.05) is 0 Å². The number of hydrogen-bond donors (Lipinski definition) is 0. The maximum absolute atomic E-state index is 12.7. The van der Waals surface area contributed by atoms with E-state index in [4.69, 9.17) is 13.9 Å². The monoisotopic (exact) mass is 450 g/mol. The van der Waals surface area contributed by atoms with Crippen LogP contribution in [0.5, 0.6) is 17.2 Å². The predicted molar refractivity (Wildman–Crippen MR) is 113 cm³/mol. The number of carbonyl (C=O) groups excluding carboxylic acids is 1. The van der Waals surface area contributed by atoms with Gasteiger partial charge >= 0.3 is 5.97 Å². The molecule has 0 spiro atoms. The van der Waals surface area contributed by atoms with Crippen molar-refractivity contribution in [1.29, 1.82) is 0 Å².